The molecular weight excluding hydrogens is 131 g/mol. The average Bonchev–Trinajstić information content (AvgIpc) is 1.90. The highest BCUT2D eigenvalue weighted by Gasteiger charge is 2.10. The van der Waals surface area contributed by atoms with Crippen molar-refractivity contribution in [3.05, 3.63) is 0 Å². The Morgan fingerprint density at radius 3 is 2.22 bits per heavy atom. The first-order valence-electron chi connectivity index (χ1n) is 3.11. The maximum atomic E-state index is 5.55. The molecule has 0 unspecified atom stereocenters. The van der Waals surface area contributed by atoms with Crippen LogP contribution in [0, 0.1) is 0 Å². The Kier molecular flexibility index (Phi) is 2.89. The Morgan fingerprint density at radius 1 is 1.22 bits per heavy atom. The van der Waals surface area contributed by atoms with E-state index in [1.54, 1.807) is 11.9 Å². The van der Waals surface area contributed by atoms with Crippen molar-refractivity contribution in [3.63, 3.8) is 0 Å². The third-order valence-corrected chi connectivity index (χ3v) is 2.41. The molecule has 0 aliphatic carbocycles. The van der Waals surface area contributed by atoms with Crippen molar-refractivity contribution in [1.82, 2.24) is 9.12 Å². The molecule has 0 spiro atoms. The van der Waals surface area contributed by atoms with Gasteiger partial charge in [-0.3, -0.25) is 0 Å². The van der Waals surface area contributed by atoms with E-state index in [0.29, 0.717) is 0 Å². The monoisotopic (exact) mass is 142 g/mol. The molecule has 2 radical (unpaired) electrons. The van der Waals surface area contributed by atoms with Gasteiger partial charge in [0.15, 0.2) is 7.98 Å². The number of piperazine rings is 1. The lowest BCUT2D eigenvalue weighted by molar-refractivity contribution is 0.300. The van der Waals surface area contributed by atoms with Crippen LogP contribution in [-0.2, 0) is 0 Å². The van der Waals surface area contributed by atoms with Crippen LogP contribution in [0.15, 0.2) is 0 Å². The first-order chi connectivity index (χ1) is 4.33. The van der Waals surface area contributed by atoms with Gasteiger partial charge in [-0.15, -0.1) is 0 Å². The molecule has 1 aliphatic heterocycles. The highest BCUT2D eigenvalue weighted by atomic mass is 32.2. The predicted molar refractivity (Wildman–Crippen MR) is 42.4 cm³/mol. The topological polar surface area (TPSA) is 6.48 Å². The summed E-state index contributed by atoms with van der Waals surface area (Å²) >= 11 is 1.80. The maximum absolute atomic E-state index is 5.55. The van der Waals surface area contributed by atoms with Gasteiger partial charge < -0.3 is 4.81 Å². The SMILES string of the molecule is [B]N1CCN(SC)CC1. The summed E-state index contributed by atoms with van der Waals surface area (Å²) in [5.41, 5.74) is 0. The molecule has 2 nitrogen and oxygen atoms in total. The van der Waals surface area contributed by atoms with Crippen LogP contribution in [0.2, 0.25) is 0 Å². The standard InChI is InChI=1S/C5H11BN2S/c1-9-8-4-2-7(6)3-5-8/h2-5H2,1H3. The molecule has 50 valence electrons. The first-order valence-corrected chi connectivity index (χ1v) is 4.30. The highest BCUT2D eigenvalue weighted by Crippen LogP contribution is 2.07. The fraction of sp³-hybridized carbons (Fsp3) is 1.00. The van der Waals surface area contributed by atoms with Gasteiger partial charge in [0.05, 0.1) is 0 Å². The largest absolute Gasteiger partial charge is 0.351 e. The zero-order valence-corrected chi connectivity index (χ0v) is 6.52. The molecule has 9 heavy (non-hydrogen) atoms. The minimum absolute atomic E-state index is 1.00. The van der Waals surface area contributed by atoms with Crippen molar-refractivity contribution < 1.29 is 0 Å². The Morgan fingerprint density at radius 2 is 1.78 bits per heavy atom. The maximum Gasteiger partial charge on any atom is 0.182 e. The molecule has 0 bridgehead atoms. The van der Waals surface area contributed by atoms with Crippen LogP contribution >= 0.6 is 11.9 Å². The molecule has 0 atom stereocenters. The molecule has 1 aliphatic rings. The zero-order chi connectivity index (χ0) is 6.69. The fourth-order valence-electron chi connectivity index (χ4n) is 0.886. The average molecular weight is 142 g/mol. The van der Waals surface area contributed by atoms with Crippen molar-refractivity contribution in [1.29, 1.82) is 0 Å². The van der Waals surface area contributed by atoms with Gasteiger partial charge in [-0.2, -0.15) is 0 Å². The summed E-state index contributed by atoms with van der Waals surface area (Å²) in [5, 5.41) is 0. The lowest BCUT2D eigenvalue weighted by Crippen LogP contribution is -2.41. The molecule has 0 aromatic rings. The molecule has 4 heteroatoms. The lowest BCUT2D eigenvalue weighted by atomic mass is 10.2. The molecule has 1 saturated heterocycles. The molecule has 0 N–H and O–H groups in total. The van der Waals surface area contributed by atoms with Crippen LogP contribution in [0.4, 0.5) is 0 Å². The van der Waals surface area contributed by atoms with E-state index in [1.807, 2.05) is 4.81 Å². The summed E-state index contributed by atoms with van der Waals surface area (Å²) in [5.74, 6) is 0. The number of rotatable bonds is 1. The minimum Gasteiger partial charge on any atom is -0.351 e. The van der Waals surface area contributed by atoms with Gasteiger partial charge in [-0.1, -0.05) is 11.9 Å². The quantitative estimate of drug-likeness (QED) is 0.375. The Labute approximate surface area is 62.1 Å². The smallest absolute Gasteiger partial charge is 0.182 e. The minimum atomic E-state index is 1.00. The van der Waals surface area contributed by atoms with Gasteiger partial charge in [-0.05, 0) is 6.26 Å². The summed E-state index contributed by atoms with van der Waals surface area (Å²) in [6.07, 6.45) is 2.10. The van der Waals surface area contributed by atoms with E-state index in [2.05, 4.69) is 10.6 Å². The predicted octanol–water partition coefficient (Wildman–Crippen LogP) is -0.0345. The van der Waals surface area contributed by atoms with Crippen LogP contribution in [0.1, 0.15) is 0 Å². The van der Waals surface area contributed by atoms with Gasteiger partial charge in [0.25, 0.3) is 0 Å². The van der Waals surface area contributed by atoms with Gasteiger partial charge in [0.2, 0.25) is 0 Å². The van der Waals surface area contributed by atoms with Crippen molar-refractivity contribution in [2.75, 3.05) is 32.4 Å². The van der Waals surface area contributed by atoms with E-state index >= 15 is 0 Å². The van der Waals surface area contributed by atoms with Crippen LogP contribution < -0.4 is 0 Å². The summed E-state index contributed by atoms with van der Waals surface area (Å²) in [6, 6.07) is 0. The lowest BCUT2D eigenvalue weighted by Gasteiger charge is -2.30. The van der Waals surface area contributed by atoms with Crippen molar-refractivity contribution in [2.45, 2.75) is 0 Å². The molecule has 1 heterocycles. The molecule has 0 amide bonds. The van der Waals surface area contributed by atoms with Crippen LogP contribution in [0.25, 0.3) is 0 Å². The number of hydrogen-bond donors (Lipinski definition) is 0. The molecule has 1 fully saturated rings. The van der Waals surface area contributed by atoms with E-state index in [1.165, 1.54) is 0 Å². The molecule has 0 aromatic carbocycles. The second-order valence-corrected chi connectivity index (χ2v) is 3.03. The number of nitrogens with zero attached hydrogens (tertiary/aromatic N) is 2. The molecule has 0 saturated carbocycles. The highest BCUT2D eigenvalue weighted by molar-refractivity contribution is 7.96. The molecular formula is C5H11BN2S. The molecule has 1 rings (SSSR count). The second-order valence-electron chi connectivity index (χ2n) is 2.15. The van der Waals surface area contributed by atoms with E-state index in [9.17, 15) is 0 Å². The van der Waals surface area contributed by atoms with Crippen LogP contribution in [0.3, 0.4) is 0 Å². The van der Waals surface area contributed by atoms with Gasteiger partial charge in [0.1, 0.15) is 0 Å². The van der Waals surface area contributed by atoms with E-state index in [4.69, 9.17) is 7.98 Å². The molecule has 0 aromatic heterocycles. The number of hydrogen-bond acceptors (Lipinski definition) is 3. The summed E-state index contributed by atoms with van der Waals surface area (Å²) in [7, 11) is 5.55. The normalized spacial score (nSPS) is 24.6. The van der Waals surface area contributed by atoms with E-state index in [0.717, 1.165) is 26.2 Å². The third-order valence-electron chi connectivity index (χ3n) is 1.53. The fourth-order valence-corrected chi connectivity index (χ4v) is 1.41. The third kappa shape index (κ3) is 2.20. The van der Waals surface area contributed by atoms with Crippen LogP contribution in [-0.4, -0.2) is 49.5 Å². The van der Waals surface area contributed by atoms with E-state index < -0.39 is 0 Å². The van der Waals surface area contributed by atoms with E-state index in [-0.39, 0.29) is 0 Å². The second kappa shape index (κ2) is 3.49. The van der Waals surface area contributed by atoms with Crippen molar-refractivity contribution >= 4 is 19.9 Å². The Hall–Kier alpha value is 0.335. The van der Waals surface area contributed by atoms with Crippen molar-refractivity contribution in [3.8, 4) is 0 Å². The van der Waals surface area contributed by atoms with Gasteiger partial charge >= 0.3 is 0 Å². The first kappa shape index (κ1) is 7.44. The summed E-state index contributed by atoms with van der Waals surface area (Å²) < 4.78 is 2.32. The Balaban J connectivity index is 2.18. The Bertz CT molecular complexity index is 83.0. The summed E-state index contributed by atoms with van der Waals surface area (Å²) in [4.78, 5) is 1.87. The van der Waals surface area contributed by atoms with Gasteiger partial charge in [0, 0.05) is 26.2 Å². The van der Waals surface area contributed by atoms with Gasteiger partial charge in [-0.25, -0.2) is 4.31 Å². The van der Waals surface area contributed by atoms with Crippen LogP contribution in [0.5, 0.6) is 0 Å². The zero-order valence-electron chi connectivity index (χ0n) is 5.71. The van der Waals surface area contributed by atoms with Crippen molar-refractivity contribution in [2.24, 2.45) is 0 Å². The summed E-state index contributed by atoms with van der Waals surface area (Å²) in [6.45, 7) is 4.19.